The first-order valence-electron chi connectivity index (χ1n) is 15.3. The summed E-state index contributed by atoms with van der Waals surface area (Å²) in [5, 5.41) is 7.66. The molecule has 1 fully saturated rings. The number of hydrogen-bond acceptors (Lipinski definition) is 6. The van der Waals surface area contributed by atoms with E-state index in [0.29, 0.717) is 43.1 Å². The van der Waals surface area contributed by atoms with E-state index in [2.05, 4.69) is 10.6 Å². The van der Waals surface area contributed by atoms with Gasteiger partial charge >= 0.3 is 0 Å². The summed E-state index contributed by atoms with van der Waals surface area (Å²) in [5.74, 6) is 3.08. The average Bonchev–Trinajstić information content (AvgIpc) is 3.64. The first kappa shape index (κ1) is 28.7. The third-order valence-corrected chi connectivity index (χ3v) is 8.64. The maximum atomic E-state index is 13.7. The predicted octanol–water partition coefficient (Wildman–Crippen LogP) is 4.86. The number of nitrogens with one attached hydrogen (secondary N) is 1. The van der Waals surface area contributed by atoms with Crippen molar-refractivity contribution in [3.05, 3.63) is 88.7 Å². The number of nitrogens with two attached hydrogens (primary N) is 2. The molecule has 9 nitrogen and oxygen atoms in total. The molecule has 6 rings (SSSR count). The van der Waals surface area contributed by atoms with Gasteiger partial charge in [0.2, 0.25) is 6.79 Å². The van der Waals surface area contributed by atoms with E-state index in [9.17, 15) is 4.79 Å². The number of nitrogens with zero attached hydrogens (tertiary/aromatic N) is 3. The monoisotopic (exact) mass is 580 g/mol. The fourth-order valence-electron chi connectivity index (χ4n) is 6.30. The highest BCUT2D eigenvalue weighted by Gasteiger charge is 2.23. The second-order valence-electron chi connectivity index (χ2n) is 11.7. The molecule has 0 spiro atoms. The van der Waals surface area contributed by atoms with Crippen LogP contribution in [-0.4, -0.2) is 52.6 Å². The highest BCUT2D eigenvalue weighted by molar-refractivity contribution is 5.97. The summed E-state index contributed by atoms with van der Waals surface area (Å²) in [4.78, 5) is 20.7. The number of imidazole rings is 1. The number of aromatic nitrogens is 2. The third-order valence-electron chi connectivity index (χ3n) is 8.64. The second kappa shape index (κ2) is 12.9. The number of benzene rings is 3. The summed E-state index contributed by atoms with van der Waals surface area (Å²) in [7, 11) is 0. The SMILES string of the molecule is N=C(N)c1ccc(CCc2nc3cc(C(=O)N(CCN)CC4CCCCC4)ccc3n2Cc2ccc3c(c2)OCO3)cc1. The van der Waals surface area contributed by atoms with E-state index in [1.54, 1.807) is 0 Å². The zero-order chi connectivity index (χ0) is 29.8. The first-order valence-corrected chi connectivity index (χ1v) is 15.3. The van der Waals surface area contributed by atoms with Crippen LogP contribution in [0.4, 0.5) is 0 Å². The molecule has 5 N–H and O–H groups in total. The summed E-state index contributed by atoms with van der Waals surface area (Å²) in [5.41, 5.74) is 16.9. The quantitative estimate of drug-likeness (QED) is 0.171. The van der Waals surface area contributed by atoms with E-state index < -0.39 is 0 Å². The Balaban J connectivity index is 1.29. The van der Waals surface area contributed by atoms with E-state index in [0.717, 1.165) is 52.4 Å². The van der Waals surface area contributed by atoms with Gasteiger partial charge in [0.15, 0.2) is 11.5 Å². The molecule has 1 saturated carbocycles. The van der Waals surface area contributed by atoms with Crippen molar-refractivity contribution < 1.29 is 14.3 Å². The number of nitrogen functional groups attached to an aromatic ring is 1. The van der Waals surface area contributed by atoms with Crippen molar-refractivity contribution in [1.29, 1.82) is 5.41 Å². The van der Waals surface area contributed by atoms with Crippen LogP contribution in [0.15, 0.2) is 60.7 Å². The van der Waals surface area contributed by atoms with Gasteiger partial charge in [-0.3, -0.25) is 10.2 Å². The molecule has 43 heavy (non-hydrogen) atoms. The van der Waals surface area contributed by atoms with Crippen LogP contribution in [0.2, 0.25) is 0 Å². The number of rotatable bonds is 11. The molecule has 9 heteroatoms. The lowest BCUT2D eigenvalue weighted by Gasteiger charge is -2.29. The van der Waals surface area contributed by atoms with Gasteiger partial charge in [-0.25, -0.2) is 4.98 Å². The molecule has 1 amide bonds. The molecular weight excluding hydrogens is 540 g/mol. The Morgan fingerprint density at radius 2 is 1.67 bits per heavy atom. The van der Waals surface area contributed by atoms with Crippen molar-refractivity contribution in [2.75, 3.05) is 26.4 Å². The number of fused-ring (bicyclic) bond motifs is 2. The van der Waals surface area contributed by atoms with Crippen molar-refractivity contribution >= 4 is 22.8 Å². The van der Waals surface area contributed by atoms with Crippen LogP contribution in [0, 0.1) is 11.3 Å². The van der Waals surface area contributed by atoms with Crippen LogP contribution >= 0.6 is 0 Å². The molecule has 0 saturated heterocycles. The third kappa shape index (κ3) is 6.51. The molecule has 1 aliphatic carbocycles. The summed E-state index contributed by atoms with van der Waals surface area (Å²) in [6.07, 6.45) is 7.62. The molecule has 3 aromatic carbocycles. The lowest BCUT2D eigenvalue weighted by molar-refractivity contribution is 0.0719. The molecule has 224 valence electrons. The fourth-order valence-corrected chi connectivity index (χ4v) is 6.30. The van der Waals surface area contributed by atoms with Gasteiger partial charge in [-0.2, -0.15) is 0 Å². The molecule has 2 aliphatic rings. The molecule has 2 heterocycles. The van der Waals surface area contributed by atoms with Crippen LogP contribution in [-0.2, 0) is 19.4 Å². The molecule has 1 aliphatic heterocycles. The van der Waals surface area contributed by atoms with Gasteiger partial charge in [-0.05, 0) is 66.6 Å². The summed E-state index contributed by atoms with van der Waals surface area (Å²) in [6, 6.07) is 19.7. The zero-order valence-corrected chi connectivity index (χ0v) is 24.6. The van der Waals surface area contributed by atoms with Crippen molar-refractivity contribution in [2.24, 2.45) is 17.4 Å². The smallest absolute Gasteiger partial charge is 0.253 e. The molecule has 0 radical (unpaired) electrons. The summed E-state index contributed by atoms with van der Waals surface area (Å²) < 4.78 is 13.4. The zero-order valence-electron chi connectivity index (χ0n) is 24.6. The van der Waals surface area contributed by atoms with E-state index in [-0.39, 0.29) is 18.5 Å². The highest BCUT2D eigenvalue weighted by Crippen LogP contribution is 2.33. The predicted molar refractivity (Wildman–Crippen MR) is 168 cm³/mol. The van der Waals surface area contributed by atoms with E-state index in [1.807, 2.05) is 59.5 Å². The fraction of sp³-hybridized carbons (Fsp3) is 0.382. The van der Waals surface area contributed by atoms with Crippen LogP contribution in [0.3, 0.4) is 0 Å². The Hall–Kier alpha value is -4.37. The summed E-state index contributed by atoms with van der Waals surface area (Å²) in [6.45, 7) is 2.61. The molecule has 0 atom stereocenters. The Kier molecular flexibility index (Phi) is 8.60. The van der Waals surface area contributed by atoms with Crippen LogP contribution in [0.1, 0.15) is 65.0 Å². The van der Waals surface area contributed by atoms with Gasteiger partial charge < -0.3 is 30.4 Å². The molecule has 0 bridgehead atoms. The lowest BCUT2D eigenvalue weighted by Crippen LogP contribution is -2.39. The number of ether oxygens (including phenoxy) is 2. The van der Waals surface area contributed by atoms with Gasteiger partial charge in [-0.1, -0.05) is 49.6 Å². The van der Waals surface area contributed by atoms with E-state index >= 15 is 0 Å². The van der Waals surface area contributed by atoms with Gasteiger partial charge in [-0.15, -0.1) is 0 Å². The van der Waals surface area contributed by atoms with Crippen LogP contribution < -0.4 is 20.9 Å². The highest BCUT2D eigenvalue weighted by atomic mass is 16.7. The van der Waals surface area contributed by atoms with Crippen molar-refractivity contribution in [3.8, 4) is 11.5 Å². The topological polar surface area (TPSA) is 132 Å². The molecule has 1 aromatic heterocycles. The first-order chi connectivity index (χ1) is 21.0. The van der Waals surface area contributed by atoms with Crippen molar-refractivity contribution in [2.45, 2.75) is 51.5 Å². The second-order valence-corrected chi connectivity index (χ2v) is 11.7. The normalized spacial score (nSPS) is 14.7. The maximum Gasteiger partial charge on any atom is 0.253 e. The standard InChI is InChI=1S/C34H40N6O3/c35-16-17-39(20-24-4-2-1-3-5-24)34(41)27-12-13-29-28(19-27)38-32(15-9-23-6-10-26(11-7-23)33(36)37)40(29)21-25-8-14-30-31(18-25)43-22-42-30/h6-8,10-14,18-19,24H,1-5,9,15-17,20-22,35H2,(H3,36,37). The summed E-state index contributed by atoms with van der Waals surface area (Å²) >= 11 is 0. The minimum Gasteiger partial charge on any atom is -0.454 e. The Labute approximate surface area is 252 Å². The van der Waals surface area contributed by atoms with E-state index in [4.69, 9.17) is 31.3 Å². The number of hydrogen-bond donors (Lipinski definition) is 3. The van der Waals surface area contributed by atoms with Crippen molar-refractivity contribution in [3.63, 3.8) is 0 Å². The van der Waals surface area contributed by atoms with Crippen molar-refractivity contribution in [1.82, 2.24) is 14.5 Å². The molecule has 0 unspecified atom stereocenters. The van der Waals surface area contributed by atoms with E-state index in [1.165, 1.54) is 32.1 Å². The number of aryl methyl sites for hydroxylation is 2. The number of carbonyl (C=O) groups is 1. The van der Waals surface area contributed by atoms with Gasteiger partial charge in [0.05, 0.1) is 11.0 Å². The van der Waals surface area contributed by atoms with Crippen LogP contribution in [0.5, 0.6) is 11.5 Å². The molecule has 4 aromatic rings. The average molecular weight is 581 g/mol. The Bertz CT molecular complexity index is 1610. The van der Waals surface area contributed by atoms with Crippen LogP contribution in [0.25, 0.3) is 11.0 Å². The number of carbonyl (C=O) groups excluding carboxylic acids is 1. The minimum atomic E-state index is 0.0235. The Morgan fingerprint density at radius 1 is 0.930 bits per heavy atom. The lowest BCUT2D eigenvalue weighted by atomic mass is 9.89. The maximum absolute atomic E-state index is 13.7. The van der Waals surface area contributed by atoms with Gasteiger partial charge in [0.1, 0.15) is 11.7 Å². The largest absolute Gasteiger partial charge is 0.454 e. The number of amidine groups is 1. The number of amides is 1. The Morgan fingerprint density at radius 3 is 2.44 bits per heavy atom. The minimum absolute atomic E-state index is 0.0235. The van der Waals surface area contributed by atoms with Gasteiger partial charge in [0, 0.05) is 43.7 Å². The van der Waals surface area contributed by atoms with Gasteiger partial charge in [0.25, 0.3) is 5.91 Å². The molecular formula is C34H40N6O3.